The smallest absolute Gasteiger partial charge is 0.305 e. The zero-order chi connectivity index (χ0) is 15.8. The molecular weight excluding hydrogens is 278 g/mol. The van der Waals surface area contributed by atoms with E-state index >= 15 is 0 Å². The lowest BCUT2D eigenvalue weighted by Gasteiger charge is -2.24. The van der Waals surface area contributed by atoms with E-state index in [1.807, 2.05) is 0 Å². The van der Waals surface area contributed by atoms with E-state index in [0.717, 1.165) is 12.8 Å². The second kappa shape index (κ2) is 5.19. The summed E-state index contributed by atoms with van der Waals surface area (Å²) in [4.78, 5) is 33.4. The number of carbonyl (C=O) groups is 2. The topological polar surface area (TPSA) is 114 Å². The standard InChI is InChI=1S/C13H17N3O5/c1-13(2,6-11(17)18)14-12(19)10-5-9(16(20)21)7-15(10)8-3-4-8/h5,7-8H,3-4,6H2,1-2H3,(H,14,19)(H,17,18). The van der Waals surface area contributed by atoms with Gasteiger partial charge in [-0.15, -0.1) is 0 Å². The summed E-state index contributed by atoms with van der Waals surface area (Å²) < 4.78 is 1.60. The van der Waals surface area contributed by atoms with Crippen molar-refractivity contribution in [2.75, 3.05) is 0 Å². The Morgan fingerprint density at radius 2 is 2.14 bits per heavy atom. The zero-order valence-electron chi connectivity index (χ0n) is 11.8. The Morgan fingerprint density at radius 1 is 1.52 bits per heavy atom. The Bertz CT molecular complexity index is 601. The van der Waals surface area contributed by atoms with Gasteiger partial charge in [0.05, 0.1) is 17.5 Å². The van der Waals surface area contributed by atoms with Crippen LogP contribution in [0.3, 0.4) is 0 Å². The van der Waals surface area contributed by atoms with E-state index in [1.54, 1.807) is 18.4 Å². The number of amides is 1. The number of aliphatic carboxylic acids is 1. The summed E-state index contributed by atoms with van der Waals surface area (Å²) in [7, 11) is 0. The molecule has 0 aliphatic heterocycles. The third-order valence-electron chi connectivity index (χ3n) is 3.26. The Kier molecular flexibility index (Phi) is 3.71. The van der Waals surface area contributed by atoms with Crippen molar-refractivity contribution in [3.05, 3.63) is 28.1 Å². The third-order valence-corrected chi connectivity index (χ3v) is 3.26. The number of carboxylic acid groups (broad SMARTS) is 1. The van der Waals surface area contributed by atoms with Gasteiger partial charge in [0, 0.05) is 17.6 Å². The first kappa shape index (κ1) is 15.0. The lowest BCUT2D eigenvalue weighted by atomic mass is 10.0. The Hall–Kier alpha value is -2.38. The van der Waals surface area contributed by atoms with Crippen LogP contribution in [0.15, 0.2) is 12.3 Å². The molecule has 0 atom stereocenters. The monoisotopic (exact) mass is 295 g/mol. The molecule has 8 heteroatoms. The fourth-order valence-electron chi connectivity index (χ4n) is 2.20. The minimum atomic E-state index is -1.02. The van der Waals surface area contributed by atoms with Gasteiger partial charge < -0.3 is 15.0 Å². The number of carboxylic acids is 1. The fourth-order valence-corrected chi connectivity index (χ4v) is 2.20. The Labute approximate surface area is 120 Å². The molecule has 114 valence electrons. The minimum absolute atomic E-state index is 0.113. The highest BCUT2D eigenvalue weighted by Gasteiger charge is 2.32. The summed E-state index contributed by atoms with van der Waals surface area (Å²) in [5.74, 6) is -1.52. The molecule has 1 aromatic heterocycles. The third kappa shape index (κ3) is 3.59. The number of hydrogen-bond donors (Lipinski definition) is 2. The molecular formula is C13H17N3O5. The minimum Gasteiger partial charge on any atom is -0.481 e. The molecule has 2 rings (SSSR count). The molecule has 1 aliphatic carbocycles. The molecule has 0 spiro atoms. The van der Waals surface area contributed by atoms with Crippen LogP contribution in [0.25, 0.3) is 0 Å². The first-order valence-corrected chi connectivity index (χ1v) is 6.60. The van der Waals surface area contributed by atoms with E-state index in [9.17, 15) is 19.7 Å². The number of nitro groups is 1. The molecule has 1 aliphatic rings. The van der Waals surface area contributed by atoms with Crippen molar-refractivity contribution in [3.63, 3.8) is 0 Å². The van der Waals surface area contributed by atoms with Crippen LogP contribution in [0.5, 0.6) is 0 Å². The average Bonchev–Trinajstić information content (AvgIpc) is 3.04. The largest absolute Gasteiger partial charge is 0.481 e. The summed E-state index contributed by atoms with van der Waals surface area (Å²) in [6.07, 6.45) is 2.89. The van der Waals surface area contributed by atoms with Gasteiger partial charge in [0.25, 0.3) is 11.6 Å². The van der Waals surface area contributed by atoms with Crippen molar-refractivity contribution in [1.29, 1.82) is 0 Å². The molecule has 0 saturated heterocycles. The van der Waals surface area contributed by atoms with E-state index < -0.39 is 22.3 Å². The summed E-state index contributed by atoms with van der Waals surface area (Å²) in [6.45, 7) is 3.19. The van der Waals surface area contributed by atoms with Crippen molar-refractivity contribution in [2.45, 2.75) is 44.7 Å². The maximum Gasteiger partial charge on any atom is 0.305 e. The molecule has 2 N–H and O–H groups in total. The molecule has 0 unspecified atom stereocenters. The van der Waals surface area contributed by atoms with E-state index in [-0.39, 0.29) is 23.8 Å². The zero-order valence-corrected chi connectivity index (χ0v) is 11.8. The fraction of sp³-hybridized carbons (Fsp3) is 0.538. The van der Waals surface area contributed by atoms with Gasteiger partial charge in [0.1, 0.15) is 5.69 Å². The number of nitrogens with one attached hydrogen (secondary N) is 1. The number of rotatable bonds is 6. The highest BCUT2D eigenvalue weighted by atomic mass is 16.6. The SMILES string of the molecule is CC(C)(CC(=O)O)NC(=O)c1cc([N+](=O)[O-])cn1C1CC1. The van der Waals surface area contributed by atoms with Crippen LogP contribution in [0, 0.1) is 10.1 Å². The summed E-state index contributed by atoms with van der Waals surface area (Å²) in [5, 5.41) is 22.3. The van der Waals surface area contributed by atoms with Gasteiger partial charge in [0.15, 0.2) is 0 Å². The van der Waals surface area contributed by atoms with Crippen LogP contribution >= 0.6 is 0 Å². The van der Waals surface area contributed by atoms with Crippen molar-refractivity contribution >= 4 is 17.6 Å². The van der Waals surface area contributed by atoms with Gasteiger partial charge in [-0.25, -0.2) is 0 Å². The highest BCUT2D eigenvalue weighted by Crippen LogP contribution is 2.38. The van der Waals surface area contributed by atoms with Crippen molar-refractivity contribution in [2.24, 2.45) is 0 Å². The lowest BCUT2D eigenvalue weighted by Crippen LogP contribution is -2.45. The Morgan fingerprint density at radius 3 is 2.62 bits per heavy atom. The molecule has 1 saturated carbocycles. The number of carbonyl (C=O) groups excluding carboxylic acids is 1. The quantitative estimate of drug-likeness (QED) is 0.612. The van der Waals surface area contributed by atoms with Crippen LogP contribution < -0.4 is 5.32 Å². The predicted molar refractivity (Wildman–Crippen MR) is 73.2 cm³/mol. The normalized spacial score (nSPS) is 14.8. The van der Waals surface area contributed by atoms with Crippen LogP contribution in [0.4, 0.5) is 5.69 Å². The van der Waals surface area contributed by atoms with Gasteiger partial charge in [0.2, 0.25) is 0 Å². The molecule has 0 radical (unpaired) electrons. The van der Waals surface area contributed by atoms with Crippen LogP contribution in [-0.2, 0) is 4.79 Å². The summed E-state index contributed by atoms with van der Waals surface area (Å²) >= 11 is 0. The van der Waals surface area contributed by atoms with E-state index in [2.05, 4.69) is 5.32 Å². The lowest BCUT2D eigenvalue weighted by molar-refractivity contribution is -0.384. The number of nitrogens with zero attached hydrogens (tertiary/aromatic N) is 2. The second-order valence-corrected chi connectivity index (χ2v) is 5.89. The van der Waals surface area contributed by atoms with Gasteiger partial charge in [-0.2, -0.15) is 0 Å². The van der Waals surface area contributed by atoms with Crippen LogP contribution in [0.1, 0.15) is 49.6 Å². The van der Waals surface area contributed by atoms with Crippen LogP contribution in [0.2, 0.25) is 0 Å². The molecule has 1 aromatic rings. The first-order valence-electron chi connectivity index (χ1n) is 6.60. The molecule has 1 fully saturated rings. The molecule has 21 heavy (non-hydrogen) atoms. The first-order chi connectivity index (χ1) is 9.69. The molecule has 0 aromatic carbocycles. The van der Waals surface area contributed by atoms with Gasteiger partial charge in [-0.05, 0) is 26.7 Å². The molecule has 0 bridgehead atoms. The second-order valence-electron chi connectivity index (χ2n) is 5.89. The van der Waals surface area contributed by atoms with Crippen molar-refractivity contribution < 1.29 is 19.6 Å². The van der Waals surface area contributed by atoms with Crippen LogP contribution in [-0.4, -0.2) is 32.0 Å². The van der Waals surface area contributed by atoms with E-state index in [0.29, 0.717) is 0 Å². The predicted octanol–water partition coefficient (Wildman–Crippen LogP) is 1.71. The average molecular weight is 295 g/mol. The molecule has 1 amide bonds. The van der Waals surface area contributed by atoms with Crippen molar-refractivity contribution in [1.82, 2.24) is 9.88 Å². The maximum absolute atomic E-state index is 12.3. The Balaban J connectivity index is 2.22. The van der Waals surface area contributed by atoms with Gasteiger partial charge in [-0.1, -0.05) is 0 Å². The van der Waals surface area contributed by atoms with Crippen molar-refractivity contribution in [3.8, 4) is 0 Å². The van der Waals surface area contributed by atoms with Gasteiger partial charge in [-0.3, -0.25) is 19.7 Å². The summed E-state index contributed by atoms with van der Waals surface area (Å²) in [5.41, 5.74) is -0.873. The van der Waals surface area contributed by atoms with E-state index in [4.69, 9.17) is 5.11 Å². The maximum atomic E-state index is 12.3. The molecule has 8 nitrogen and oxygen atoms in total. The highest BCUT2D eigenvalue weighted by molar-refractivity contribution is 5.94. The summed E-state index contributed by atoms with van der Waals surface area (Å²) in [6, 6.07) is 1.34. The van der Waals surface area contributed by atoms with E-state index in [1.165, 1.54) is 12.3 Å². The molecule has 1 heterocycles. The number of hydrogen-bond acceptors (Lipinski definition) is 4. The number of aromatic nitrogens is 1. The van der Waals surface area contributed by atoms with Gasteiger partial charge >= 0.3 is 5.97 Å².